The number of carbonyl (C=O) groups excluding carboxylic acids is 1. The van der Waals surface area contributed by atoms with Gasteiger partial charge < -0.3 is 15.0 Å². The Balaban J connectivity index is 1.51. The standard InChI is InChI=1S/C15H17N3O2/c19-15(10-3-4-11-13(7-10)17-8-16-11)18-12-5-6-20-14(12)9-1-2-9/h3-4,7-9,12,14H,1-2,5-6H2,(H,16,17)(H,18,19). The number of hydrogen-bond acceptors (Lipinski definition) is 3. The number of aromatic nitrogens is 2. The zero-order valence-electron chi connectivity index (χ0n) is 11.1. The number of hydrogen-bond donors (Lipinski definition) is 2. The van der Waals surface area contributed by atoms with Crippen LogP contribution in [0.4, 0.5) is 0 Å². The van der Waals surface area contributed by atoms with E-state index < -0.39 is 0 Å². The number of carbonyl (C=O) groups is 1. The Morgan fingerprint density at radius 3 is 3.10 bits per heavy atom. The fourth-order valence-corrected chi connectivity index (χ4v) is 2.98. The summed E-state index contributed by atoms with van der Waals surface area (Å²) in [7, 11) is 0. The van der Waals surface area contributed by atoms with Crippen molar-refractivity contribution in [3.05, 3.63) is 30.1 Å². The van der Waals surface area contributed by atoms with Gasteiger partial charge in [0, 0.05) is 12.2 Å². The third-order valence-corrected chi connectivity index (χ3v) is 4.22. The van der Waals surface area contributed by atoms with E-state index in [0.29, 0.717) is 11.5 Å². The largest absolute Gasteiger partial charge is 0.376 e. The molecule has 2 N–H and O–H groups in total. The van der Waals surface area contributed by atoms with Crippen molar-refractivity contribution in [2.75, 3.05) is 6.61 Å². The van der Waals surface area contributed by atoms with Crippen molar-refractivity contribution >= 4 is 16.9 Å². The molecule has 2 aromatic rings. The Bertz CT molecular complexity index is 647. The monoisotopic (exact) mass is 271 g/mol. The third-order valence-electron chi connectivity index (χ3n) is 4.22. The van der Waals surface area contributed by atoms with Crippen LogP contribution in [0.25, 0.3) is 11.0 Å². The molecule has 1 aromatic carbocycles. The number of ether oxygens (including phenoxy) is 1. The molecular weight excluding hydrogens is 254 g/mol. The lowest BCUT2D eigenvalue weighted by atomic mass is 10.1. The molecule has 2 atom stereocenters. The molecule has 1 aliphatic carbocycles. The maximum atomic E-state index is 12.4. The number of benzene rings is 1. The molecule has 1 saturated heterocycles. The van der Waals surface area contributed by atoms with Crippen LogP contribution >= 0.6 is 0 Å². The molecule has 4 rings (SSSR count). The van der Waals surface area contributed by atoms with Gasteiger partial charge in [0.1, 0.15) is 0 Å². The van der Waals surface area contributed by atoms with Crippen molar-refractivity contribution in [1.82, 2.24) is 15.3 Å². The maximum Gasteiger partial charge on any atom is 0.251 e. The molecule has 104 valence electrons. The minimum absolute atomic E-state index is 0.0253. The van der Waals surface area contributed by atoms with Crippen LogP contribution in [0, 0.1) is 5.92 Å². The summed E-state index contributed by atoms with van der Waals surface area (Å²) in [6.45, 7) is 0.756. The number of rotatable bonds is 3. The van der Waals surface area contributed by atoms with Gasteiger partial charge in [0.15, 0.2) is 0 Å². The fraction of sp³-hybridized carbons (Fsp3) is 0.467. The van der Waals surface area contributed by atoms with E-state index >= 15 is 0 Å². The highest BCUT2D eigenvalue weighted by Gasteiger charge is 2.41. The number of H-pyrrole nitrogens is 1. The quantitative estimate of drug-likeness (QED) is 0.895. The van der Waals surface area contributed by atoms with Gasteiger partial charge in [-0.1, -0.05) is 0 Å². The first-order valence-electron chi connectivity index (χ1n) is 7.17. The van der Waals surface area contributed by atoms with Gasteiger partial charge in [-0.3, -0.25) is 4.79 Å². The summed E-state index contributed by atoms with van der Waals surface area (Å²) in [6, 6.07) is 5.69. The lowest BCUT2D eigenvalue weighted by Crippen LogP contribution is -2.41. The number of fused-ring (bicyclic) bond motifs is 1. The molecule has 20 heavy (non-hydrogen) atoms. The van der Waals surface area contributed by atoms with E-state index in [1.165, 1.54) is 12.8 Å². The second-order valence-corrected chi connectivity index (χ2v) is 5.68. The minimum Gasteiger partial charge on any atom is -0.376 e. The minimum atomic E-state index is -0.0253. The van der Waals surface area contributed by atoms with Gasteiger partial charge in [0.25, 0.3) is 5.91 Å². The van der Waals surface area contributed by atoms with Gasteiger partial charge in [-0.2, -0.15) is 0 Å². The SMILES string of the molecule is O=C(NC1CCOC1C1CC1)c1ccc2nc[nH]c2c1. The van der Waals surface area contributed by atoms with E-state index in [2.05, 4.69) is 15.3 Å². The van der Waals surface area contributed by atoms with Crippen molar-refractivity contribution < 1.29 is 9.53 Å². The Morgan fingerprint density at radius 1 is 1.35 bits per heavy atom. The molecule has 1 saturated carbocycles. The number of amides is 1. The Hall–Kier alpha value is -1.88. The number of imidazole rings is 1. The van der Waals surface area contributed by atoms with Crippen LogP contribution in [-0.4, -0.2) is 34.6 Å². The third kappa shape index (κ3) is 2.08. The Labute approximate surface area is 116 Å². The van der Waals surface area contributed by atoms with Crippen LogP contribution in [0.15, 0.2) is 24.5 Å². The first-order chi connectivity index (χ1) is 9.81. The van der Waals surface area contributed by atoms with Crippen LogP contribution in [0.3, 0.4) is 0 Å². The average molecular weight is 271 g/mol. The molecule has 1 amide bonds. The molecule has 0 radical (unpaired) electrons. The summed E-state index contributed by atoms with van der Waals surface area (Å²) in [6.07, 6.45) is 5.24. The molecule has 2 unspecified atom stereocenters. The normalized spacial score (nSPS) is 26.0. The van der Waals surface area contributed by atoms with E-state index in [-0.39, 0.29) is 18.1 Å². The van der Waals surface area contributed by atoms with Gasteiger partial charge in [-0.15, -0.1) is 0 Å². The van der Waals surface area contributed by atoms with Crippen LogP contribution < -0.4 is 5.32 Å². The molecule has 2 aliphatic rings. The van der Waals surface area contributed by atoms with Gasteiger partial charge in [-0.05, 0) is 43.4 Å². The highest BCUT2D eigenvalue weighted by atomic mass is 16.5. The topological polar surface area (TPSA) is 67.0 Å². The molecule has 1 aromatic heterocycles. The first kappa shape index (κ1) is 11.9. The van der Waals surface area contributed by atoms with Crippen molar-refractivity contribution in [1.29, 1.82) is 0 Å². The first-order valence-corrected chi connectivity index (χ1v) is 7.17. The molecule has 0 spiro atoms. The number of nitrogens with one attached hydrogen (secondary N) is 2. The van der Waals surface area contributed by atoms with E-state index in [4.69, 9.17) is 4.74 Å². The maximum absolute atomic E-state index is 12.4. The van der Waals surface area contributed by atoms with Crippen LogP contribution in [0.5, 0.6) is 0 Å². The second kappa shape index (κ2) is 4.59. The zero-order valence-corrected chi connectivity index (χ0v) is 11.1. The highest BCUT2D eigenvalue weighted by molar-refractivity contribution is 5.97. The summed E-state index contributed by atoms with van der Waals surface area (Å²) in [5, 5.41) is 3.13. The summed E-state index contributed by atoms with van der Waals surface area (Å²) in [5.41, 5.74) is 2.43. The molecular formula is C15H17N3O2. The Kier molecular flexibility index (Phi) is 2.73. The van der Waals surface area contributed by atoms with Crippen molar-refractivity contribution in [2.24, 2.45) is 5.92 Å². The molecule has 2 heterocycles. The molecule has 2 fully saturated rings. The van der Waals surface area contributed by atoms with Crippen LogP contribution in [0.1, 0.15) is 29.6 Å². The van der Waals surface area contributed by atoms with E-state index in [0.717, 1.165) is 24.1 Å². The number of aromatic amines is 1. The summed E-state index contributed by atoms with van der Waals surface area (Å²) < 4.78 is 5.75. The lowest BCUT2D eigenvalue weighted by molar-refractivity contribution is 0.0729. The summed E-state index contributed by atoms with van der Waals surface area (Å²) >= 11 is 0. The predicted octanol–water partition coefficient (Wildman–Crippen LogP) is 1.86. The second-order valence-electron chi connectivity index (χ2n) is 5.68. The average Bonchev–Trinajstić information content (AvgIpc) is 3.01. The van der Waals surface area contributed by atoms with E-state index in [9.17, 15) is 4.79 Å². The predicted molar refractivity (Wildman–Crippen MR) is 74.4 cm³/mol. The van der Waals surface area contributed by atoms with Gasteiger partial charge in [0.05, 0.1) is 29.5 Å². The smallest absolute Gasteiger partial charge is 0.251 e. The summed E-state index contributed by atoms with van der Waals surface area (Å²) in [4.78, 5) is 19.5. The van der Waals surface area contributed by atoms with Crippen molar-refractivity contribution in [3.8, 4) is 0 Å². The zero-order chi connectivity index (χ0) is 13.5. The fourth-order valence-electron chi connectivity index (χ4n) is 2.98. The highest BCUT2D eigenvalue weighted by Crippen LogP contribution is 2.38. The molecule has 1 aliphatic heterocycles. The van der Waals surface area contributed by atoms with Crippen molar-refractivity contribution in [2.45, 2.75) is 31.4 Å². The molecule has 0 bridgehead atoms. The van der Waals surface area contributed by atoms with E-state index in [1.54, 1.807) is 6.33 Å². The van der Waals surface area contributed by atoms with E-state index in [1.807, 2.05) is 18.2 Å². The number of nitrogens with zero attached hydrogens (tertiary/aromatic N) is 1. The van der Waals surface area contributed by atoms with Gasteiger partial charge >= 0.3 is 0 Å². The van der Waals surface area contributed by atoms with Crippen molar-refractivity contribution in [3.63, 3.8) is 0 Å². The lowest BCUT2D eigenvalue weighted by Gasteiger charge is -2.19. The molecule has 5 heteroatoms. The van der Waals surface area contributed by atoms with Gasteiger partial charge in [-0.25, -0.2) is 4.98 Å². The summed E-state index contributed by atoms with van der Waals surface area (Å²) in [5.74, 6) is 0.625. The van der Waals surface area contributed by atoms with Crippen LogP contribution in [0.2, 0.25) is 0 Å². The Morgan fingerprint density at radius 2 is 2.25 bits per heavy atom. The molecule has 5 nitrogen and oxygen atoms in total. The van der Waals surface area contributed by atoms with Crippen LogP contribution in [-0.2, 0) is 4.74 Å². The van der Waals surface area contributed by atoms with Gasteiger partial charge in [0.2, 0.25) is 0 Å².